The van der Waals surface area contributed by atoms with Crippen LogP contribution in [0.15, 0.2) is 67.1 Å². The Hall–Kier alpha value is -4.02. The van der Waals surface area contributed by atoms with Crippen LogP contribution < -0.4 is 4.74 Å². The fourth-order valence-electron chi connectivity index (χ4n) is 2.61. The van der Waals surface area contributed by atoms with Crippen molar-refractivity contribution in [3.05, 3.63) is 89.0 Å². The van der Waals surface area contributed by atoms with Gasteiger partial charge in [-0.2, -0.15) is 0 Å². The number of pyridine rings is 2. The van der Waals surface area contributed by atoms with Crippen LogP contribution in [0.2, 0.25) is 5.02 Å². The zero-order valence-electron chi connectivity index (χ0n) is 19.6. The van der Waals surface area contributed by atoms with Crippen LogP contribution in [0.3, 0.4) is 0 Å². The summed E-state index contributed by atoms with van der Waals surface area (Å²) in [5, 5.41) is 17.8. The molecule has 2 aromatic heterocycles. The molecule has 0 amide bonds. The molecule has 10 nitrogen and oxygen atoms in total. The van der Waals surface area contributed by atoms with Crippen LogP contribution in [0, 0.1) is 0 Å². The van der Waals surface area contributed by atoms with Gasteiger partial charge in [-0.1, -0.05) is 11.6 Å². The van der Waals surface area contributed by atoms with Crippen molar-refractivity contribution in [2.75, 3.05) is 13.2 Å². The molecule has 0 aliphatic carbocycles. The number of carbonyl (C=O) groups excluding carboxylic acids is 2. The Bertz CT molecular complexity index is 1150. The number of aliphatic hydroxyl groups excluding tert-OH is 1. The minimum atomic E-state index is -1.19. The number of nitrogens with zero attached hydrogens (tertiary/aromatic N) is 2. The average Bonchev–Trinajstić information content (AvgIpc) is 2.88. The van der Waals surface area contributed by atoms with Gasteiger partial charge in [0.2, 0.25) is 0 Å². The van der Waals surface area contributed by atoms with Gasteiger partial charge in [0.15, 0.2) is 5.60 Å². The predicted molar refractivity (Wildman–Crippen MR) is 129 cm³/mol. The molecule has 0 unspecified atom stereocenters. The highest BCUT2D eigenvalue weighted by atomic mass is 35.5. The number of aromatic carboxylic acids is 1. The molecule has 190 valence electrons. The van der Waals surface area contributed by atoms with Crippen LogP contribution in [0.25, 0.3) is 0 Å². The maximum absolute atomic E-state index is 12.1. The number of carboxylic acid groups (broad SMARTS) is 1. The van der Waals surface area contributed by atoms with Crippen molar-refractivity contribution in [1.82, 2.24) is 9.97 Å². The summed E-state index contributed by atoms with van der Waals surface area (Å²) in [5.74, 6) is -1.67. The lowest BCUT2D eigenvalue weighted by Crippen LogP contribution is -2.40. The molecule has 1 aromatic carbocycles. The van der Waals surface area contributed by atoms with E-state index < -0.39 is 23.5 Å². The quantitative estimate of drug-likeness (QED) is 0.319. The van der Waals surface area contributed by atoms with Crippen molar-refractivity contribution in [1.29, 1.82) is 0 Å². The largest absolute Gasteiger partial charge is 0.478 e. The van der Waals surface area contributed by atoms with Crippen molar-refractivity contribution < 1.29 is 38.8 Å². The molecule has 2 heterocycles. The van der Waals surface area contributed by atoms with E-state index in [-0.39, 0.29) is 31.1 Å². The van der Waals surface area contributed by atoms with Gasteiger partial charge < -0.3 is 24.4 Å². The molecular weight excluding hydrogens is 492 g/mol. The van der Waals surface area contributed by atoms with Crippen molar-refractivity contribution in [2.24, 2.45) is 0 Å². The molecule has 3 aromatic rings. The summed E-state index contributed by atoms with van der Waals surface area (Å²) in [6, 6.07) is 12.8. The molecule has 0 radical (unpaired) electrons. The van der Waals surface area contributed by atoms with Crippen molar-refractivity contribution >= 4 is 29.5 Å². The number of ether oxygens (including phenoxy) is 3. The molecular formula is C25H25ClN2O8. The van der Waals surface area contributed by atoms with Crippen molar-refractivity contribution in [3.63, 3.8) is 0 Å². The Balaban J connectivity index is 0.000000346. The van der Waals surface area contributed by atoms with Crippen LogP contribution in [0.5, 0.6) is 5.75 Å². The van der Waals surface area contributed by atoms with Gasteiger partial charge in [0.05, 0.1) is 23.4 Å². The molecule has 0 aliphatic rings. The monoisotopic (exact) mass is 516 g/mol. The van der Waals surface area contributed by atoms with Crippen LogP contribution in [-0.2, 0) is 20.9 Å². The van der Waals surface area contributed by atoms with E-state index in [2.05, 4.69) is 9.97 Å². The van der Waals surface area contributed by atoms with Crippen LogP contribution in [-0.4, -0.2) is 56.9 Å². The molecule has 2 N–H and O–H groups in total. The van der Waals surface area contributed by atoms with E-state index in [1.807, 2.05) is 0 Å². The van der Waals surface area contributed by atoms with E-state index in [4.69, 9.17) is 36.0 Å². The Morgan fingerprint density at radius 3 is 2.22 bits per heavy atom. The molecule has 36 heavy (non-hydrogen) atoms. The van der Waals surface area contributed by atoms with Gasteiger partial charge in [-0.05, 0) is 62.4 Å². The number of aromatic nitrogens is 2. The summed E-state index contributed by atoms with van der Waals surface area (Å²) in [6.07, 6.45) is 4.40. The smallest absolute Gasteiger partial charge is 0.350 e. The molecule has 0 saturated carbocycles. The summed E-state index contributed by atoms with van der Waals surface area (Å²) in [6.45, 7) is 2.70. The first-order chi connectivity index (χ1) is 17.1. The fraction of sp³-hybridized carbons (Fsp3) is 0.240. The van der Waals surface area contributed by atoms with Gasteiger partial charge in [0.1, 0.15) is 19.0 Å². The first-order valence-electron chi connectivity index (χ1n) is 10.6. The van der Waals surface area contributed by atoms with E-state index in [1.54, 1.807) is 56.4 Å². The highest BCUT2D eigenvalue weighted by Crippen LogP contribution is 2.21. The fourth-order valence-corrected chi connectivity index (χ4v) is 2.73. The van der Waals surface area contributed by atoms with Crippen LogP contribution >= 0.6 is 11.6 Å². The lowest BCUT2D eigenvalue weighted by atomic mass is 10.1. The standard InChI is InChI=1S/C18H18ClNO5.C7H7NO3/c1-18(2,25-15-7-5-14(19)6-8-15)17(22)24-11-10-23-16(21)13-4-3-9-20-12-13;9-4-6-5(7(10)11)2-1-3-8-6/h3-9,12H,10-11H2,1-2H3;1-3,9H,4H2,(H,10,11). The first-order valence-corrected chi connectivity index (χ1v) is 11.0. The number of benzene rings is 1. The lowest BCUT2D eigenvalue weighted by molar-refractivity contribution is -0.160. The molecule has 0 saturated heterocycles. The third kappa shape index (κ3) is 8.97. The Kier molecular flexibility index (Phi) is 10.8. The van der Waals surface area contributed by atoms with Crippen molar-refractivity contribution in [2.45, 2.75) is 26.1 Å². The zero-order chi connectivity index (χ0) is 26.6. The normalized spacial score (nSPS) is 10.4. The Labute approximate surface area is 212 Å². The number of hydrogen-bond acceptors (Lipinski definition) is 9. The summed E-state index contributed by atoms with van der Waals surface area (Å²) >= 11 is 5.81. The van der Waals surface area contributed by atoms with E-state index in [0.717, 1.165) is 0 Å². The molecule has 0 fully saturated rings. The molecule has 3 rings (SSSR count). The minimum Gasteiger partial charge on any atom is -0.478 e. The van der Waals surface area contributed by atoms with Crippen LogP contribution in [0.1, 0.15) is 40.3 Å². The third-order valence-electron chi connectivity index (χ3n) is 4.40. The summed E-state index contributed by atoms with van der Waals surface area (Å²) in [7, 11) is 0. The Morgan fingerprint density at radius 2 is 1.64 bits per heavy atom. The molecule has 0 bridgehead atoms. The van der Waals surface area contributed by atoms with Gasteiger partial charge >= 0.3 is 17.9 Å². The number of carbonyl (C=O) groups is 3. The maximum atomic E-state index is 12.1. The molecule has 0 spiro atoms. The van der Waals surface area contributed by atoms with E-state index >= 15 is 0 Å². The second-order valence-corrected chi connectivity index (χ2v) is 7.98. The number of aliphatic hydroxyl groups is 1. The highest BCUT2D eigenvalue weighted by molar-refractivity contribution is 6.30. The SMILES string of the molecule is CC(C)(Oc1ccc(Cl)cc1)C(=O)OCCOC(=O)c1cccnc1.O=C(O)c1cccnc1CO. The zero-order valence-corrected chi connectivity index (χ0v) is 20.3. The number of hydrogen-bond donors (Lipinski definition) is 2. The second kappa shape index (κ2) is 13.8. The van der Waals surface area contributed by atoms with Gasteiger partial charge in [-0.3, -0.25) is 9.97 Å². The highest BCUT2D eigenvalue weighted by Gasteiger charge is 2.32. The molecule has 0 aliphatic heterocycles. The number of halogens is 1. The Morgan fingerprint density at radius 1 is 0.972 bits per heavy atom. The number of rotatable bonds is 9. The van der Waals surface area contributed by atoms with Gasteiger partial charge in [-0.25, -0.2) is 14.4 Å². The van der Waals surface area contributed by atoms with Gasteiger partial charge in [0.25, 0.3) is 0 Å². The average molecular weight is 517 g/mol. The second-order valence-electron chi connectivity index (χ2n) is 7.54. The van der Waals surface area contributed by atoms with Gasteiger partial charge in [-0.15, -0.1) is 0 Å². The number of esters is 2. The predicted octanol–water partition coefficient (Wildman–Crippen LogP) is 3.56. The van der Waals surface area contributed by atoms with Gasteiger partial charge in [0, 0.05) is 23.6 Å². The molecule has 0 atom stereocenters. The lowest BCUT2D eigenvalue weighted by Gasteiger charge is -2.24. The first kappa shape index (κ1) is 28.2. The van der Waals surface area contributed by atoms with Crippen molar-refractivity contribution in [3.8, 4) is 5.75 Å². The topological polar surface area (TPSA) is 145 Å². The summed E-state index contributed by atoms with van der Waals surface area (Å²) in [5.41, 5.74) is -0.614. The van der Waals surface area contributed by atoms with E-state index in [1.165, 1.54) is 24.5 Å². The minimum absolute atomic E-state index is 0.0509. The van der Waals surface area contributed by atoms with E-state index in [9.17, 15) is 14.4 Å². The number of carboxylic acids is 1. The third-order valence-corrected chi connectivity index (χ3v) is 4.65. The molecule has 11 heteroatoms. The summed E-state index contributed by atoms with van der Waals surface area (Å²) < 4.78 is 15.7. The van der Waals surface area contributed by atoms with E-state index in [0.29, 0.717) is 16.3 Å². The maximum Gasteiger partial charge on any atom is 0.350 e. The summed E-state index contributed by atoms with van der Waals surface area (Å²) in [4.78, 5) is 41.8. The van der Waals surface area contributed by atoms with Crippen LogP contribution in [0.4, 0.5) is 0 Å².